The van der Waals surface area contributed by atoms with Crippen molar-refractivity contribution in [2.45, 2.75) is 31.6 Å². The Bertz CT molecular complexity index is 578. The van der Waals surface area contributed by atoms with Crippen LogP contribution in [0.15, 0.2) is 23.1 Å². The third kappa shape index (κ3) is 4.62. The molecule has 0 amide bonds. The molecular formula is C14H16ClNO3S. The summed E-state index contributed by atoms with van der Waals surface area (Å²) in [6.07, 6.45) is 1.28. The molecule has 0 aliphatic carbocycles. The number of hydrogen-bond acceptors (Lipinski definition) is 3. The van der Waals surface area contributed by atoms with Crippen molar-refractivity contribution in [2.75, 3.05) is 5.75 Å². The Balaban J connectivity index is 2.72. The van der Waals surface area contributed by atoms with E-state index >= 15 is 0 Å². The van der Waals surface area contributed by atoms with Crippen molar-refractivity contribution < 1.29 is 14.1 Å². The second-order valence-corrected chi connectivity index (χ2v) is 7.07. The van der Waals surface area contributed by atoms with Crippen molar-refractivity contribution in [3.05, 3.63) is 28.8 Å². The van der Waals surface area contributed by atoms with E-state index in [0.29, 0.717) is 23.5 Å². The number of nitrogens with zero attached hydrogens (tertiary/aromatic N) is 1. The monoisotopic (exact) mass is 313 g/mol. The van der Waals surface area contributed by atoms with Gasteiger partial charge in [0, 0.05) is 10.6 Å². The van der Waals surface area contributed by atoms with Gasteiger partial charge in [-0.1, -0.05) is 11.6 Å². The predicted molar refractivity (Wildman–Crippen MR) is 78.3 cm³/mol. The summed E-state index contributed by atoms with van der Waals surface area (Å²) in [5.41, 5.74) is -0.481. The van der Waals surface area contributed by atoms with Crippen LogP contribution in [0.5, 0.6) is 0 Å². The van der Waals surface area contributed by atoms with E-state index < -0.39 is 22.2 Å². The third-order valence-corrected chi connectivity index (χ3v) is 4.63. The predicted octanol–water partition coefficient (Wildman–Crippen LogP) is 3.48. The van der Waals surface area contributed by atoms with Crippen LogP contribution in [0, 0.1) is 16.7 Å². The Hall–Kier alpha value is -1.38. The lowest BCUT2D eigenvalue weighted by Crippen LogP contribution is -2.10. The molecule has 108 valence electrons. The molecule has 0 heterocycles. The van der Waals surface area contributed by atoms with E-state index in [0.717, 1.165) is 0 Å². The van der Waals surface area contributed by atoms with Gasteiger partial charge in [0.25, 0.3) is 0 Å². The van der Waals surface area contributed by atoms with Crippen LogP contribution in [0.1, 0.15) is 37.0 Å². The summed E-state index contributed by atoms with van der Waals surface area (Å²) in [7, 11) is -1.29. The number of aromatic carboxylic acids is 1. The molecule has 0 aliphatic rings. The number of carboxylic acids is 1. The summed E-state index contributed by atoms with van der Waals surface area (Å²) in [6.45, 7) is 3.67. The van der Waals surface area contributed by atoms with E-state index in [4.69, 9.17) is 22.0 Å². The van der Waals surface area contributed by atoms with Crippen LogP contribution in [0.25, 0.3) is 0 Å². The lowest BCUT2D eigenvalue weighted by molar-refractivity contribution is 0.0697. The first kappa shape index (κ1) is 16.7. The van der Waals surface area contributed by atoms with Gasteiger partial charge < -0.3 is 5.11 Å². The Kier molecular flexibility index (Phi) is 5.73. The smallest absolute Gasteiger partial charge is 0.337 e. The van der Waals surface area contributed by atoms with Crippen LogP contribution in [-0.2, 0) is 10.8 Å². The topological polar surface area (TPSA) is 78.2 Å². The number of rotatable bonds is 6. The van der Waals surface area contributed by atoms with Crippen LogP contribution < -0.4 is 0 Å². The SMILES string of the molecule is CC(C)(C#N)CCCS(=O)c1ccc(Cl)c(C(=O)O)c1. The molecule has 6 heteroatoms. The van der Waals surface area contributed by atoms with Crippen molar-refractivity contribution in [1.29, 1.82) is 5.26 Å². The Morgan fingerprint density at radius 3 is 2.70 bits per heavy atom. The van der Waals surface area contributed by atoms with Crippen LogP contribution in [0.2, 0.25) is 5.02 Å². The molecule has 0 aromatic heterocycles. The zero-order valence-corrected chi connectivity index (χ0v) is 12.9. The van der Waals surface area contributed by atoms with Gasteiger partial charge in [0.1, 0.15) is 0 Å². The second-order valence-electron chi connectivity index (χ2n) is 5.10. The molecule has 1 aromatic carbocycles. The largest absolute Gasteiger partial charge is 0.478 e. The average Bonchev–Trinajstić information content (AvgIpc) is 2.38. The maximum Gasteiger partial charge on any atom is 0.337 e. The lowest BCUT2D eigenvalue weighted by atomic mass is 9.90. The summed E-state index contributed by atoms with van der Waals surface area (Å²) in [5, 5.41) is 18.0. The highest BCUT2D eigenvalue weighted by atomic mass is 35.5. The summed E-state index contributed by atoms with van der Waals surface area (Å²) < 4.78 is 12.1. The van der Waals surface area contributed by atoms with Crippen molar-refractivity contribution in [1.82, 2.24) is 0 Å². The molecule has 0 saturated carbocycles. The summed E-state index contributed by atoms with van der Waals surface area (Å²) in [5.74, 6) is -0.745. The van der Waals surface area contributed by atoms with Crippen molar-refractivity contribution in [2.24, 2.45) is 5.41 Å². The van der Waals surface area contributed by atoms with Gasteiger partial charge in [-0.3, -0.25) is 4.21 Å². The molecule has 1 rings (SSSR count). The van der Waals surface area contributed by atoms with Gasteiger partial charge in [0.15, 0.2) is 0 Å². The summed E-state index contributed by atoms with van der Waals surface area (Å²) in [6, 6.07) is 6.55. The molecule has 0 fully saturated rings. The van der Waals surface area contributed by atoms with Gasteiger partial charge >= 0.3 is 5.97 Å². The second kappa shape index (κ2) is 6.87. The zero-order valence-electron chi connectivity index (χ0n) is 11.4. The van der Waals surface area contributed by atoms with Crippen molar-refractivity contribution >= 4 is 28.4 Å². The molecule has 4 nitrogen and oxygen atoms in total. The molecule has 0 aliphatic heterocycles. The fraction of sp³-hybridized carbons (Fsp3) is 0.429. The van der Waals surface area contributed by atoms with Gasteiger partial charge in [0.05, 0.1) is 32.9 Å². The maximum absolute atomic E-state index is 12.1. The highest BCUT2D eigenvalue weighted by Crippen LogP contribution is 2.23. The van der Waals surface area contributed by atoms with Gasteiger partial charge in [0.2, 0.25) is 0 Å². The molecule has 0 saturated heterocycles. The van der Waals surface area contributed by atoms with E-state index in [9.17, 15) is 9.00 Å². The Morgan fingerprint density at radius 1 is 1.50 bits per heavy atom. The van der Waals surface area contributed by atoms with Crippen molar-refractivity contribution in [3.8, 4) is 6.07 Å². The average molecular weight is 314 g/mol. The molecule has 0 radical (unpaired) electrons. The molecule has 20 heavy (non-hydrogen) atoms. The van der Waals surface area contributed by atoms with E-state index in [-0.39, 0.29) is 10.6 Å². The van der Waals surface area contributed by atoms with E-state index in [1.807, 2.05) is 13.8 Å². The highest BCUT2D eigenvalue weighted by Gasteiger charge is 2.17. The van der Waals surface area contributed by atoms with Gasteiger partial charge in [-0.25, -0.2) is 4.79 Å². The quantitative estimate of drug-likeness (QED) is 0.872. The minimum absolute atomic E-state index is 0.0464. The molecule has 0 bridgehead atoms. The van der Waals surface area contributed by atoms with Gasteiger partial charge in [-0.05, 0) is 44.9 Å². The standard InChI is InChI=1S/C14H16ClNO3S/c1-14(2,9-16)6-3-7-20(19)10-4-5-12(15)11(8-10)13(17)18/h4-5,8H,3,6-7H2,1-2H3,(H,17,18). The molecule has 1 N–H and O–H groups in total. The Morgan fingerprint density at radius 2 is 2.15 bits per heavy atom. The zero-order chi connectivity index (χ0) is 15.3. The number of nitriles is 1. The summed E-state index contributed by atoms with van der Waals surface area (Å²) >= 11 is 5.76. The third-order valence-electron chi connectivity index (χ3n) is 2.87. The van der Waals surface area contributed by atoms with Crippen LogP contribution >= 0.6 is 11.6 Å². The highest BCUT2D eigenvalue weighted by molar-refractivity contribution is 7.85. The van der Waals surface area contributed by atoms with Gasteiger partial charge in [-0.15, -0.1) is 0 Å². The normalized spacial score (nSPS) is 12.7. The number of carboxylic acid groups (broad SMARTS) is 1. The first-order valence-corrected chi connectivity index (χ1v) is 7.79. The first-order valence-electron chi connectivity index (χ1n) is 6.09. The first-order chi connectivity index (χ1) is 9.26. The summed E-state index contributed by atoms with van der Waals surface area (Å²) in [4.78, 5) is 11.4. The van der Waals surface area contributed by atoms with Crippen molar-refractivity contribution in [3.63, 3.8) is 0 Å². The maximum atomic E-state index is 12.1. The fourth-order valence-electron chi connectivity index (χ4n) is 1.63. The van der Waals surface area contributed by atoms with E-state index in [1.54, 1.807) is 6.07 Å². The van der Waals surface area contributed by atoms with E-state index in [2.05, 4.69) is 6.07 Å². The molecular weight excluding hydrogens is 298 g/mol. The van der Waals surface area contributed by atoms with E-state index in [1.165, 1.54) is 12.1 Å². The molecule has 1 aromatic rings. The van der Waals surface area contributed by atoms with Crippen LogP contribution in [0.4, 0.5) is 0 Å². The molecule has 1 unspecified atom stereocenters. The number of hydrogen-bond donors (Lipinski definition) is 1. The Labute approximate surface area is 125 Å². The minimum Gasteiger partial charge on any atom is -0.478 e. The lowest BCUT2D eigenvalue weighted by Gasteiger charge is -2.14. The molecule has 1 atom stereocenters. The van der Waals surface area contributed by atoms with Gasteiger partial charge in [-0.2, -0.15) is 5.26 Å². The van der Waals surface area contributed by atoms with Crippen LogP contribution in [-0.4, -0.2) is 21.0 Å². The number of halogens is 1. The number of carbonyl (C=O) groups is 1. The molecule has 0 spiro atoms. The number of benzene rings is 1. The van der Waals surface area contributed by atoms with Crippen LogP contribution in [0.3, 0.4) is 0 Å². The fourth-order valence-corrected chi connectivity index (χ4v) is 2.94. The minimum atomic E-state index is -1.29.